The summed E-state index contributed by atoms with van der Waals surface area (Å²) >= 11 is 0. The van der Waals surface area contributed by atoms with Crippen LogP contribution in [0.5, 0.6) is 0 Å². The maximum absolute atomic E-state index is 6.02. The third-order valence-corrected chi connectivity index (χ3v) is 3.80. The smallest absolute Gasteiger partial charge is 0.0953 e. The molecule has 0 saturated carbocycles. The van der Waals surface area contributed by atoms with Crippen LogP contribution in [0, 0.1) is 6.92 Å². The molecule has 1 N–H and O–H groups in total. The highest BCUT2D eigenvalue weighted by atomic mass is 16.5. The van der Waals surface area contributed by atoms with Crippen LogP contribution in [0.3, 0.4) is 0 Å². The topological polar surface area (TPSA) is 21.3 Å². The van der Waals surface area contributed by atoms with E-state index in [4.69, 9.17) is 4.74 Å². The van der Waals surface area contributed by atoms with Crippen molar-refractivity contribution in [2.75, 3.05) is 13.1 Å². The van der Waals surface area contributed by atoms with Gasteiger partial charge in [0.05, 0.1) is 12.2 Å². The Morgan fingerprint density at radius 1 is 1.00 bits per heavy atom. The molecule has 2 nitrogen and oxygen atoms in total. The van der Waals surface area contributed by atoms with E-state index in [1.165, 1.54) is 22.3 Å². The number of benzene rings is 2. The molecule has 0 bridgehead atoms. The van der Waals surface area contributed by atoms with Crippen LogP contribution in [0.1, 0.15) is 24.2 Å². The molecule has 0 amide bonds. The molecule has 104 valence electrons. The van der Waals surface area contributed by atoms with Gasteiger partial charge in [-0.25, -0.2) is 0 Å². The van der Waals surface area contributed by atoms with Gasteiger partial charge in [0.15, 0.2) is 0 Å². The minimum absolute atomic E-state index is 0.157. The molecule has 2 heteroatoms. The first kappa shape index (κ1) is 13.3. The number of hydrogen-bond acceptors (Lipinski definition) is 2. The average molecular weight is 267 g/mol. The van der Waals surface area contributed by atoms with Gasteiger partial charge in [0.25, 0.3) is 0 Å². The maximum Gasteiger partial charge on any atom is 0.0953 e. The molecule has 0 spiro atoms. The normalized spacial score (nSPS) is 22.7. The number of rotatable bonds is 2. The van der Waals surface area contributed by atoms with E-state index in [1.54, 1.807) is 0 Å². The molecule has 1 saturated heterocycles. The molecule has 1 heterocycles. The van der Waals surface area contributed by atoms with Crippen LogP contribution in [0.15, 0.2) is 48.5 Å². The summed E-state index contributed by atoms with van der Waals surface area (Å²) in [5, 5.41) is 3.42. The van der Waals surface area contributed by atoms with Gasteiger partial charge in [-0.15, -0.1) is 0 Å². The van der Waals surface area contributed by atoms with Gasteiger partial charge in [-0.05, 0) is 36.6 Å². The van der Waals surface area contributed by atoms with Crippen molar-refractivity contribution in [2.45, 2.75) is 26.1 Å². The van der Waals surface area contributed by atoms with Gasteiger partial charge in [0, 0.05) is 13.1 Å². The Hall–Kier alpha value is -1.64. The third-order valence-electron chi connectivity index (χ3n) is 3.80. The zero-order valence-corrected chi connectivity index (χ0v) is 12.1. The maximum atomic E-state index is 6.02. The van der Waals surface area contributed by atoms with Gasteiger partial charge in [-0.2, -0.15) is 0 Å². The van der Waals surface area contributed by atoms with E-state index in [0.717, 1.165) is 13.1 Å². The van der Waals surface area contributed by atoms with Crippen molar-refractivity contribution in [3.8, 4) is 11.1 Å². The highest BCUT2D eigenvalue weighted by Crippen LogP contribution is 2.26. The van der Waals surface area contributed by atoms with Crippen molar-refractivity contribution < 1.29 is 4.74 Å². The zero-order chi connectivity index (χ0) is 13.9. The van der Waals surface area contributed by atoms with Crippen LogP contribution in [0.4, 0.5) is 0 Å². The second-order valence-electron chi connectivity index (χ2n) is 5.59. The number of morpholine rings is 1. The summed E-state index contributed by atoms with van der Waals surface area (Å²) in [6.45, 7) is 6.06. The minimum atomic E-state index is 0.157. The van der Waals surface area contributed by atoms with Crippen LogP contribution < -0.4 is 5.32 Å². The van der Waals surface area contributed by atoms with Crippen LogP contribution in [0.25, 0.3) is 11.1 Å². The molecule has 1 aliphatic heterocycles. The van der Waals surface area contributed by atoms with Crippen molar-refractivity contribution in [3.63, 3.8) is 0 Å². The van der Waals surface area contributed by atoms with E-state index in [2.05, 4.69) is 67.7 Å². The van der Waals surface area contributed by atoms with Gasteiger partial charge in [0.1, 0.15) is 0 Å². The van der Waals surface area contributed by atoms with Crippen LogP contribution in [-0.4, -0.2) is 19.2 Å². The number of hydrogen-bond donors (Lipinski definition) is 1. The molecular weight excluding hydrogens is 246 g/mol. The van der Waals surface area contributed by atoms with Crippen molar-refractivity contribution in [2.24, 2.45) is 0 Å². The van der Waals surface area contributed by atoms with E-state index in [1.807, 2.05) is 0 Å². The molecule has 1 aliphatic rings. The summed E-state index contributed by atoms with van der Waals surface area (Å²) in [6, 6.07) is 17.3. The first-order valence-corrected chi connectivity index (χ1v) is 7.25. The lowest BCUT2D eigenvalue weighted by atomic mass is 9.99. The minimum Gasteiger partial charge on any atom is -0.368 e. The van der Waals surface area contributed by atoms with E-state index >= 15 is 0 Å². The molecule has 2 unspecified atom stereocenters. The van der Waals surface area contributed by atoms with E-state index in [9.17, 15) is 0 Å². The summed E-state index contributed by atoms with van der Waals surface area (Å²) in [4.78, 5) is 0. The fourth-order valence-corrected chi connectivity index (χ4v) is 2.66. The summed E-state index contributed by atoms with van der Waals surface area (Å²) in [5.41, 5.74) is 5.05. The quantitative estimate of drug-likeness (QED) is 0.895. The third kappa shape index (κ3) is 2.92. The first-order valence-electron chi connectivity index (χ1n) is 7.25. The van der Waals surface area contributed by atoms with Gasteiger partial charge in [0.2, 0.25) is 0 Å². The highest BCUT2D eigenvalue weighted by molar-refractivity contribution is 5.64. The van der Waals surface area contributed by atoms with Gasteiger partial charge < -0.3 is 10.1 Å². The second kappa shape index (κ2) is 5.78. The summed E-state index contributed by atoms with van der Waals surface area (Å²) in [6.07, 6.45) is 0.431. The molecular formula is C18H21NO. The Labute approximate surface area is 120 Å². The van der Waals surface area contributed by atoms with Gasteiger partial charge in [-0.1, -0.05) is 48.0 Å². The SMILES string of the molecule is Cc1ccc(-c2cccc(C3CNCC(C)O3)c2)cc1. The molecule has 2 aromatic carbocycles. The fraction of sp³-hybridized carbons (Fsp3) is 0.333. The lowest BCUT2D eigenvalue weighted by molar-refractivity contribution is -0.0286. The largest absolute Gasteiger partial charge is 0.368 e. The van der Waals surface area contributed by atoms with Crippen molar-refractivity contribution in [1.82, 2.24) is 5.32 Å². The Morgan fingerprint density at radius 3 is 2.55 bits per heavy atom. The Kier molecular flexibility index (Phi) is 3.86. The summed E-state index contributed by atoms with van der Waals surface area (Å²) < 4.78 is 6.02. The van der Waals surface area contributed by atoms with Gasteiger partial charge in [-0.3, -0.25) is 0 Å². The number of aryl methyl sites for hydroxylation is 1. The van der Waals surface area contributed by atoms with E-state index < -0.39 is 0 Å². The Bertz CT molecular complexity index is 576. The lowest BCUT2D eigenvalue weighted by Gasteiger charge is -2.29. The number of ether oxygens (including phenoxy) is 1. The van der Waals surface area contributed by atoms with E-state index in [0.29, 0.717) is 0 Å². The monoisotopic (exact) mass is 267 g/mol. The molecule has 0 aromatic heterocycles. The lowest BCUT2D eigenvalue weighted by Crippen LogP contribution is -2.38. The predicted octanol–water partition coefficient (Wildman–Crippen LogP) is 3.71. The molecule has 20 heavy (non-hydrogen) atoms. The summed E-state index contributed by atoms with van der Waals surface area (Å²) in [7, 11) is 0. The molecule has 0 radical (unpaired) electrons. The number of nitrogens with one attached hydrogen (secondary N) is 1. The van der Waals surface area contributed by atoms with Crippen molar-refractivity contribution >= 4 is 0 Å². The zero-order valence-electron chi connectivity index (χ0n) is 12.1. The van der Waals surface area contributed by atoms with Crippen molar-refractivity contribution in [3.05, 3.63) is 59.7 Å². The highest BCUT2D eigenvalue weighted by Gasteiger charge is 2.20. The molecule has 2 aromatic rings. The first-order chi connectivity index (χ1) is 9.72. The fourth-order valence-electron chi connectivity index (χ4n) is 2.66. The van der Waals surface area contributed by atoms with Crippen LogP contribution in [-0.2, 0) is 4.74 Å². The van der Waals surface area contributed by atoms with Crippen LogP contribution in [0.2, 0.25) is 0 Å². The van der Waals surface area contributed by atoms with E-state index in [-0.39, 0.29) is 12.2 Å². The molecule has 2 atom stereocenters. The Balaban J connectivity index is 1.87. The Morgan fingerprint density at radius 2 is 1.80 bits per heavy atom. The standard InChI is InChI=1S/C18H21NO/c1-13-6-8-15(9-7-13)16-4-3-5-17(10-16)18-12-19-11-14(2)20-18/h3-10,14,18-19H,11-12H2,1-2H3. The van der Waals surface area contributed by atoms with Crippen LogP contribution >= 0.6 is 0 Å². The predicted molar refractivity (Wildman–Crippen MR) is 82.8 cm³/mol. The molecule has 0 aliphatic carbocycles. The molecule has 3 rings (SSSR count). The second-order valence-corrected chi connectivity index (χ2v) is 5.59. The average Bonchev–Trinajstić information content (AvgIpc) is 2.48. The van der Waals surface area contributed by atoms with Crippen molar-refractivity contribution in [1.29, 1.82) is 0 Å². The summed E-state index contributed by atoms with van der Waals surface area (Å²) in [5.74, 6) is 0. The van der Waals surface area contributed by atoms with Gasteiger partial charge >= 0.3 is 0 Å². The molecule has 1 fully saturated rings.